The number of hydrogen-bond acceptors (Lipinski definition) is 5. The fourth-order valence-corrected chi connectivity index (χ4v) is 3.21. The Labute approximate surface area is 155 Å². The zero-order valence-electron chi connectivity index (χ0n) is 15.0. The summed E-state index contributed by atoms with van der Waals surface area (Å²) >= 11 is 0. The van der Waals surface area contributed by atoms with E-state index in [-0.39, 0.29) is 41.7 Å². The van der Waals surface area contributed by atoms with Crippen LogP contribution in [0, 0.1) is 17.6 Å². The fraction of sp³-hybridized carbons (Fsp3) is 0.474. The zero-order chi connectivity index (χ0) is 19.4. The van der Waals surface area contributed by atoms with Gasteiger partial charge in [0.25, 0.3) is 5.91 Å². The van der Waals surface area contributed by atoms with Gasteiger partial charge in [0, 0.05) is 25.2 Å². The number of benzene rings is 1. The number of halogens is 2. The summed E-state index contributed by atoms with van der Waals surface area (Å²) in [4.78, 5) is 14.2. The van der Waals surface area contributed by atoms with E-state index in [4.69, 9.17) is 9.26 Å². The number of rotatable bonds is 6. The van der Waals surface area contributed by atoms with E-state index in [1.54, 1.807) is 4.90 Å². The molecule has 0 radical (unpaired) electrons. The smallest absolute Gasteiger partial charge is 0.276 e. The van der Waals surface area contributed by atoms with Crippen molar-refractivity contribution < 1.29 is 27.9 Å². The first-order valence-electron chi connectivity index (χ1n) is 8.98. The van der Waals surface area contributed by atoms with Crippen molar-refractivity contribution >= 4 is 5.91 Å². The van der Waals surface area contributed by atoms with Gasteiger partial charge in [0.2, 0.25) is 0 Å². The molecule has 0 aliphatic carbocycles. The number of carbonyl (C=O) groups is 1. The normalized spacial score (nSPS) is 16.4. The highest BCUT2D eigenvalue weighted by Gasteiger charge is 2.28. The molecule has 1 aromatic carbocycles. The summed E-state index contributed by atoms with van der Waals surface area (Å²) in [6.45, 7) is 2.92. The Morgan fingerprint density at radius 3 is 2.78 bits per heavy atom. The second-order valence-electron chi connectivity index (χ2n) is 6.65. The first kappa shape index (κ1) is 19.3. The van der Waals surface area contributed by atoms with E-state index in [1.807, 2.05) is 6.92 Å². The van der Waals surface area contributed by atoms with E-state index in [2.05, 4.69) is 5.16 Å². The molecule has 1 amide bonds. The molecule has 3 rings (SSSR count). The molecular weight excluding hydrogens is 358 g/mol. The number of aliphatic hydroxyl groups excluding tert-OH is 1. The van der Waals surface area contributed by atoms with Gasteiger partial charge in [-0.15, -0.1) is 0 Å². The molecule has 8 heteroatoms. The fourth-order valence-electron chi connectivity index (χ4n) is 3.21. The quantitative estimate of drug-likeness (QED) is 0.833. The Morgan fingerprint density at radius 2 is 2.11 bits per heavy atom. The van der Waals surface area contributed by atoms with Crippen LogP contribution in [0.3, 0.4) is 0 Å². The van der Waals surface area contributed by atoms with Crippen LogP contribution in [-0.4, -0.2) is 40.3 Å². The first-order valence-corrected chi connectivity index (χ1v) is 8.98. The molecule has 2 aromatic rings. The molecule has 2 heterocycles. The molecule has 0 unspecified atom stereocenters. The lowest BCUT2D eigenvalue weighted by Crippen LogP contribution is -2.41. The molecule has 1 saturated heterocycles. The molecule has 1 aliphatic rings. The van der Waals surface area contributed by atoms with Gasteiger partial charge >= 0.3 is 0 Å². The number of nitrogens with zero attached hydrogens (tertiary/aromatic N) is 2. The van der Waals surface area contributed by atoms with Gasteiger partial charge in [-0.1, -0.05) is 12.1 Å². The minimum atomic E-state index is -0.817. The maximum Gasteiger partial charge on any atom is 0.276 e. The van der Waals surface area contributed by atoms with Crippen molar-refractivity contribution in [1.29, 1.82) is 0 Å². The molecule has 146 valence electrons. The van der Waals surface area contributed by atoms with E-state index in [0.717, 1.165) is 25.0 Å². The number of ether oxygens (including phenoxy) is 1. The van der Waals surface area contributed by atoms with E-state index >= 15 is 0 Å². The standard InChI is InChI=1S/C19H22F2N2O4/c1-2-17(24)12-5-7-23(8-6-12)19(25)16-10-14(27-22-16)11-26-18-4-3-13(20)9-15(18)21/h3-4,9-10,12,17,24H,2,5-8,11H2,1H3/t17-/m1/s1. The molecule has 6 nitrogen and oxygen atoms in total. The highest BCUT2D eigenvalue weighted by Crippen LogP contribution is 2.24. The van der Waals surface area contributed by atoms with Gasteiger partial charge in [0.1, 0.15) is 12.4 Å². The second-order valence-corrected chi connectivity index (χ2v) is 6.65. The Balaban J connectivity index is 1.55. The van der Waals surface area contributed by atoms with Gasteiger partial charge in [0.05, 0.1) is 6.10 Å². The summed E-state index contributed by atoms with van der Waals surface area (Å²) in [5.41, 5.74) is 0.155. The zero-order valence-corrected chi connectivity index (χ0v) is 15.0. The van der Waals surface area contributed by atoms with Crippen LogP contribution in [0.1, 0.15) is 42.4 Å². The van der Waals surface area contributed by atoms with Crippen molar-refractivity contribution in [2.45, 2.75) is 38.9 Å². The highest BCUT2D eigenvalue weighted by molar-refractivity contribution is 5.92. The van der Waals surface area contributed by atoms with Crippen molar-refractivity contribution in [2.75, 3.05) is 13.1 Å². The van der Waals surface area contributed by atoms with Crippen LogP contribution in [0.25, 0.3) is 0 Å². The third kappa shape index (κ3) is 4.63. The minimum Gasteiger partial charge on any atom is -0.482 e. The molecule has 1 N–H and O–H groups in total. The van der Waals surface area contributed by atoms with Crippen LogP contribution >= 0.6 is 0 Å². The Hall–Kier alpha value is -2.48. The van der Waals surface area contributed by atoms with Crippen LogP contribution in [0.15, 0.2) is 28.8 Å². The number of aromatic nitrogens is 1. The van der Waals surface area contributed by atoms with E-state index in [9.17, 15) is 18.7 Å². The molecule has 27 heavy (non-hydrogen) atoms. The number of aliphatic hydroxyl groups is 1. The van der Waals surface area contributed by atoms with Crippen molar-refractivity contribution in [1.82, 2.24) is 10.1 Å². The summed E-state index contributed by atoms with van der Waals surface area (Å²) in [5.74, 6) is -1.39. The number of amides is 1. The largest absolute Gasteiger partial charge is 0.482 e. The third-order valence-electron chi connectivity index (χ3n) is 4.83. The van der Waals surface area contributed by atoms with Crippen molar-refractivity contribution in [3.05, 3.63) is 47.4 Å². The summed E-state index contributed by atoms with van der Waals surface area (Å²) < 4.78 is 36.8. The Kier molecular flexibility index (Phi) is 6.05. The van der Waals surface area contributed by atoms with Gasteiger partial charge in [0.15, 0.2) is 23.0 Å². The maximum atomic E-state index is 13.6. The van der Waals surface area contributed by atoms with Crippen LogP contribution < -0.4 is 4.74 Å². The van der Waals surface area contributed by atoms with Crippen LogP contribution in [0.4, 0.5) is 8.78 Å². The summed E-state index contributed by atoms with van der Waals surface area (Å²) in [6, 6.07) is 4.45. The van der Waals surface area contributed by atoms with Crippen molar-refractivity contribution in [3.63, 3.8) is 0 Å². The molecule has 1 aliphatic heterocycles. The first-order chi connectivity index (χ1) is 13.0. The van der Waals surface area contributed by atoms with Gasteiger partial charge in [-0.05, 0) is 37.3 Å². The van der Waals surface area contributed by atoms with Crippen LogP contribution in [0.5, 0.6) is 5.75 Å². The lowest BCUT2D eigenvalue weighted by Gasteiger charge is -2.33. The summed E-state index contributed by atoms with van der Waals surface area (Å²) in [5, 5.41) is 13.7. The van der Waals surface area contributed by atoms with Crippen molar-refractivity contribution in [3.8, 4) is 5.75 Å². The van der Waals surface area contributed by atoms with E-state index in [1.165, 1.54) is 12.1 Å². The van der Waals surface area contributed by atoms with E-state index < -0.39 is 11.6 Å². The molecule has 0 bridgehead atoms. The number of hydrogen-bond donors (Lipinski definition) is 1. The summed E-state index contributed by atoms with van der Waals surface area (Å²) in [6.07, 6.45) is 1.88. The minimum absolute atomic E-state index is 0.114. The molecule has 1 fully saturated rings. The Morgan fingerprint density at radius 1 is 1.37 bits per heavy atom. The average Bonchev–Trinajstić information content (AvgIpc) is 3.15. The molecule has 1 atom stereocenters. The predicted molar refractivity (Wildman–Crippen MR) is 92.1 cm³/mol. The maximum absolute atomic E-state index is 13.6. The second kappa shape index (κ2) is 8.47. The monoisotopic (exact) mass is 380 g/mol. The molecular formula is C19H22F2N2O4. The average molecular weight is 380 g/mol. The molecule has 1 aromatic heterocycles. The molecule has 0 spiro atoms. The number of likely N-dealkylation sites (tertiary alicyclic amines) is 1. The topological polar surface area (TPSA) is 75.8 Å². The van der Waals surface area contributed by atoms with Gasteiger partial charge in [-0.2, -0.15) is 0 Å². The molecule has 0 saturated carbocycles. The lowest BCUT2D eigenvalue weighted by atomic mass is 9.90. The van der Waals surface area contributed by atoms with Gasteiger partial charge in [-0.25, -0.2) is 8.78 Å². The van der Waals surface area contributed by atoms with Crippen molar-refractivity contribution in [2.24, 2.45) is 5.92 Å². The van der Waals surface area contributed by atoms with Gasteiger partial charge < -0.3 is 19.3 Å². The number of carbonyl (C=O) groups excluding carboxylic acids is 1. The number of piperidine rings is 1. The third-order valence-corrected chi connectivity index (χ3v) is 4.83. The SMILES string of the molecule is CC[C@@H](O)C1CCN(C(=O)c2cc(COc3ccc(F)cc3F)on2)CC1. The van der Waals surface area contributed by atoms with Gasteiger partial charge in [-0.3, -0.25) is 4.79 Å². The van der Waals surface area contributed by atoms with Crippen LogP contribution in [0.2, 0.25) is 0 Å². The van der Waals surface area contributed by atoms with Crippen LogP contribution in [-0.2, 0) is 6.61 Å². The Bertz CT molecular complexity index is 788. The highest BCUT2D eigenvalue weighted by atomic mass is 19.1. The lowest BCUT2D eigenvalue weighted by molar-refractivity contribution is 0.0447. The van der Waals surface area contributed by atoms with E-state index in [0.29, 0.717) is 19.5 Å². The summed E-state index contributed by atoms with van der Waals surface area (Å²) in [7, 11) is 0. The predicted octanol–water partition coefficient (Wildman–Crippen LogP) is 3.15.